The predicted octanol–water partition coefficient (Wildman–Crippen LogP) is 5.44. The minimum Gasteiger partial charge on any atom is -0.378 e. The molecule has 1 heterocycles. The Morgan fingerprint density at radius 2 is 1.75 bits per heavy atom. The van der Waals surface area contributed by atoms with Crippen LogP contribution in [-0.4, -0.2) is 19.3 Å². The zero-order valence-corrected chi connectivity index (χ0v) is 18.5. The maximum atomic E-state index is 6.13. The van der Waals surface area contributed by atoms with E-state index in [-0.39, 0.29) is 5.41 Å². The van der Waals surface area contributed by atoms with Crippen molar-refractivity contribution in [1.82, 2.24) is 0 Å². The molecule has 1 aliphatic rings. The second-order valence-corrected chi connectivity index (χ2v) is 9.30. The molecule has 1 fully saturated rings. The van der Waals surface area contributed by atoms with E-state index in [1.807, 2.05) is 12.1 Å². The Morgan fingerprint density at radius 3 is 2.39 bits per heavy atom. The normalized spacial score (nSPS) is 23.7. The van der Waals surface area contributed by atoms with E-state index in [0.29, 0.717) is 18.1 Å². The van der Waals surface area contributed by atoms with Gasteiger partial charge in [0, 0.05) is 29.0 Å². The summed E-state index contributed by atoms with van der Waals surface area (Å²) in [6, 6.07) is 17.9. The Labute approximate surface area is 175 Å². The molecule has 0 aromatic heterocycles. The molecule has 3 heteroatoms. The summed E-state index contributed by atoms with van der Waals surface area (Å²) in [6.45, 7) is 11.0. The fraction of sp³-hybridized carbons (Fsp3) is 0.520. The van der Waals surface area contributed by atoms with Crippen LogP contribution >= 0.6 is 11.6 Å². The van der Waals surface area contributed by atoms with E-state index in [1.54, 1.807) is 0 Å². The van der Waals surface area contributed by atoms with Gasteiger partial charge in [-0.05, 0) is 50.3 Å². The van der Waals surface area contributed by atoms with Gasteiger partial charge >= 0.3 is 0 Å². The average Bonchev–Trinajstić information content (AvgIpc) is 2.69. The van der Waals surface area contributed by atoms with E-state index >= 15 is 0 Å². The zero-order valence-electron chi connectivity index (χ0n) is 17.7. The van der Waals surface area contributed by atoms with Gasteiger partial charge in [0.15, 0.2) is 0 Å². The van der Waals surface area contributed by atoms with Crippen molar-refractivity contribution in [2.24, 2.45) is 5.92 Å². The summed E-state index contributed by atoms with van der Waals surface area (Å²) in [7, 11) is 0. The molecule has 1 aliphatic heterocycles. The number of nitrogens with two attached hydrogens (primary N) is 1. The van der Waals surface area contributed by atoms with Crippen molar-refractivity contribution in [3.63, 3.8) is 0 Å². The molecule has 2 aromatic rings. The van der Waals surface area contributed by atoms with Crippen LogP contribution < -0.4 is 5.32 Å². The lowest BCUT2D eigenvalue weighted by Gasteiger charge is -2.42. The summed E-state index contributed by atoms with van der Waals surface area (Å²) >= 11 is 6.04. The van der Waals surface area contributed by atoms with Crippen LogP contribution in [-0.2, 0) is 10.2 Å². The fourth-order valence-corrected chi connectivity index (χ4v) is 4.56. The van der Waals surface area contributed by atoms with Crippen molar-refractivity contribution in [3.05, 3.63) is 70.2 Å². The lowest BCUT2D eigenvalue weighted by atomic mass is 9.68. The van der Waals surface area contributed by atoms with Crippen molar-refractivity contribution in [2.45, 2.75) is 64.5 Å². The van der Waals surface area contributed by atoms with Gasteiger partial charge in [-0.3, -0.25) is 0 Å². The van der Waals surface area contributed by atoms with Gasteiger partial charge in [-0.1, -0.05) is 67.4 Å². The molecule has 0 aliphatic carbocycles. The molecule has 0 unspecified atom stereocenters. The first-order valence-corrected chi connectivity index (χ1v) is 11.0. The van der Waals surface area contributed by atoms with Crippen LogP contribution in [0.4, 0.5) is 0 Å². The van der Waals surface area contributed by atoms with Gasteiger partial charge in [0.1, 0.15) is 6.04 Å². The Kier molecular flexibility index (Phi) is 7.20. The van der Waals surface area contributed by atoms with Crippen LogP contribution in [0.3, 0.4) is 0 Å². The van der Waals surface area contributed by atoms with Crippen molar-refractivity contribution < 1.29 is 10.1 Å². The van der Waals surface area contributed by atoms with E-state index in [9.17, 15) is 0 Å². The highest BCUT2D eigenvalue weighted by molar-refractivity contribution is 6.30. The first-order valence-electron chi connectivity index (χ1n) is 10.7. The number of aryl methyl sites for hydroxylation is 1. The molecule has 3 rings (SSSR count). The summed E-state index contributed by atoms with van der Waals surface area (Å²) < 4.78 is 6.13. The maximum Gasteiger partial charge on any atom is 0.109 e. The molecule has 2 nitrogen and oxygen atoms in total. The Balaban J connectivity index is 1.72. The molecule has 1 saturated heterocycles. The molecular weight excluding hydrogens is 366 g/mol. The zero-order chi connectivity index (χ0) is 20.1. The molecule has 28 heavy (non-hydrogen) atoms. The smallest absolute Gasteiger partial charge is 0.109 e. The summed E-state index contributed by atoms with van der Waals surface area (Å²) in [5.41, 5.74) is 4.37. The lowest BCUT2D eigenvalue weighted by molar-refractivity contribution is -0.693. The van der Waals surface area contributed by atoms with E-state index in [2.05, 4.69) is 69.4 Å². The van der Waals surface area contributed by atoms with Gasteiger partial charge in [-0.2, -0.15) is 0 Å². The van der Waals surface area contributed by atoms with Crippen molar-refractivity contribution in [3.8, 4) is 0 Å². The second kappa shape index (κ2) is 9.43. The monoisotopic (exact) mass is 400 g/mol. The minimum absolute atomic E-state index is 0.219. The number of hydrogen-bond acceptors (Lipinski definition) is 1. The molecule has 2 N–H and O–H groups in total. The molecule has 0 saturated carbocycles. The first kappa shape index (κ1) is 21.4. The number of hydrogen-bond donors (Lipinski definition) is 1. The molecule has 152 valence electrons. The molecule has 3 atom stereocenters. The minimum atomic E-state index is 0.219. The quantitative estimate of drug-likeness (QED) is 0.658. The Bertz CT molecular complexity index is 740. The molecule has 0 spiro atoms. The molecular formula is C25H35ClNO+. The topological polar surface area (TPSA) is 25.8 Å². The Hall–Kier alpha value is -1.35. The van der Waals surface area contributed by atoms with Gasteiger partial charge in [-0.15, -0.1) is 0 Å². The van der Waals surface area contributed by atoms with Crippen LogP contribution in [0, 0.1) is 12.8 Å². The molecule has 0 bridgehead atoms. The number of ether oxygens (including phenoxy) is 1. The fourth-order valence-electron chi connectivity index (χ4n) is 4.43. The molecule has 0 radical (unpaired) electrons. The largest absolute Gasteiger partial charge is 0.378 e. The highest BCUT2D eigenvalue weighted by atomic mass is 35.5. The highest BCUT2D eigenvalue weighted by Crippen LogP contribution is 2.41. The predicted molar refractivity (Wildman–Crippen MR) is 118 cm³/mol. The number of quaternary nitrogens is 1. The van der Waals surface area contributed by atoms with Crippen LogP contribution in [0.1, 0.15) is 62.8 Å². The van der Waals surface area contributed by atoms with Crippen LogP contribution in [0.25, 0.3) is 0 Å². The summed E-state index contributed by atoms with van der Waals surface area (Å²) in [5, 5.41) is 3.27. The summed E-state index contributed by atoms with van der Waals surface area (Å²) in [4.78, 5) is 0. The number of rotatable bonds is 7. The first-order chi connectivity index (χ1) is 13.4. The van der Waals surface area contributed by atoms with Gasteiger partial charge in [0.25, 0.3) is 0 Å². The van der Waals surface area contributed by atoms with Crippen molar-refractivity contribution in [2.75, 3.05) is 13.2 Å². The van der Waals surface area contributed by atoms with Gasteiger partial charge in [0.2, 0.25) is 0 Å². The van der Waals surface area contributed by atoms with E-state index in [1.165, 1.54) is 23.1 Å². The average molecular weight is 401 g/mol. The van der Waals surface area contributed by atoms with E-state index in [4.69, 9.17) is 16.3 Å². The van der Waals surface area contributed by atoms with E-state index < -0.39 is 0 Å². The number of halogens is 1. The van der Waals surface area contributed by atoms with Crippen molar-refractivity contribution >= 4 is 11.6 Å². The SMILES string of the molecule is Cc1ccc([C@@]2(CC[NH2+][C@@H](C)c3ccc(Cl)cc3)CCO[C@@H](C(C)C)C2)cc1. The third-order valence-electron chi connectivity index (χ3n) is 6.45. The summed E-state index contributed by atoms with van der Waals surface area (Å²) in [5.74, 6) is 0.557. The van der Waals surface area contributed by atoms with Crippen LogP contribution in [0.15, 0.2) is 48.5 Å². The van der Waals surface area contributed by atoms with E-state index in [0.717, 1.165) is 31.0 Å². The third kappa shape index (κ3) is 5.17. The standard InChI is InChI=1S/C25H34ClNO/c1-18(2)24-17-25(14-16-28-24,22-9-5-19(3)6-10-22)13-15-27-20(4)21-7-11-23(26)12-8-21/h5-12,18,20,24,27H,13-17H2,1-4H3/p+1/t20-,24+,25-/m0/s1. The maximum absolute atomic E-state index is 6.13. The lowest BCUT2D eigenvalue weighted by Crippen LogP contribution is -2.85. The number of benzene rings is 2. The van der Waals surface area contributed by atoms with Crippen LogP contribution in [0.2, 0.25) is 5.02 Å². The molecule has 2 aromatic carbocycles. The molecule has 0 amide bonds. The third-order valence-corrected chi connectivity index (χ3v) is 6.70. The summed E-state index contributed by atoms with van der Waals surface area (Å²) in [6.07, 6.45) is 3.77. The highest BCUT2D eigenvalue weighted by Gasteiger charge is 2.39. The second-order valence-electron chi connectivity index (χ2n) is 8.87. The van der Waals surface area contributed by atoms with Gasteiger partial charge < -0.3 is 10.1 Å². The van der Waals surface area contributed by atoms with Crippen LogP contribution in [0.5, 0.6) is 0 Å². The Morgan fingerprint density at radius 1 is 1.07 bits per heavy atom. The van der Waals surface area contributed by atoms with Crippen molar-refractivity contribution in [1.29, 1.82) is 0 Å². The van der Waals surface area contributed by atoms with Gasteiger partial charge in [-0.25, -0.2) is 0 Å². The van der Waals surface area contributed by atoms with Gasteiger partial charge in [0.05, 0.1) is 12.6 Å².